The molecule has 0 N–H and O–H groups in total. The lowest BCUT2D eigenvalue weighted by molar-refractivity contribution is 0.154. The van der Waals surface area contributed by atoms with Crippen molar-refractivity contribution in [3.8, 4) is 0 Å². The number of halogens is 2. The summed E-state index contributed by atoms with van der Waals surface area (Å²) in [4.78, 5) is 0. The maximum Gasteiger partial charge on any atom is 0.0785 e. The smallest absolute Gasteiger partial charge is 0.0785 e. The molecule has 0 saturated heterocycles. The molecule has 0 spiro atoms. The first-order chi connectivity index (χ1) is 11.5. The van der Waals surface area contributed by atoms with Crippen LogP contribution in [0.15, 0.2) is 0 Å². The fourth-order valence-electron chi connectivity index (χ4n) is 4.44. The van der Waals surface area contributed by atoms with Crippen LogP contribution in [0.3, 0.4) is 0 Å². The van der Waals surface area contributed by atoms with Crippen molar-refractivity contribution < 1.29 is 0 Å². The maximum atomic E-state index is 7.31. The number of hydrogen-bond donors (Lipinski definition) is 0. The molecule has 0 heterocycles. The zero-order valence-electron chi connectivity index (χ0n) is 16.4. The molecule has 0 aromatic carbocycles. The molecule has 1 aliphatic rings. The largest absolute Gasteiger partial charge is 0.120 e. The van der Waals surface area contributed by atoms with Gasteiger partial charge in [0.1, 0.15) is 0 Å². The van der Waals surface area contributed by atoms with Crippen LogP contribution in [0.2, 0.25) is 0 Å². The lowest BCUT2D eigenvalue weighted by Gasteiger charge is -2.52. The number of unbranched alkanes of at least 4 members (excludes halogenated alkanes) is 2. The molecule has 5 unspecified atom stereocenters. The predicted octanol–water partition coefficient (Wildman–Crippen LogP) is 8.24. The van der Waals surface area contributed by atoms with E-state index in [1.807, 2.05) is 0 Å². The van der Waals surface area contributed by atoms with Gasteiger partial charge in [-0.05, 0) is 61.9 Å². The summed E-state index contributed by atoms with van der Waals surface area (Å²) in [5, 5.41) is 0.186. The summed E-state index contributed by atoms with van der Waals surface area (Å²) in [6.07, 6.45) is 15.6. The van der Waals surface area contributed by atoms with E-state index in [9.17, 15) is 0 Å². The van der Waals surface area contributed by atoms with E-state index in [4.69, 9.17) is 23.2 Å². The van der Waals surface area contributed by atoms with E-state index in [2.05, 4.69) is 27.7 Å². The van der Waals surface area contributed by atoms with Crippen molar-refractivity contribution in [3.63, 3.8) is 0 Å². The number of hydrogen-bond acceptors (Lipinski definition) is 0. The minimum atomic E-state index is -0.136. The van der Waals surface area contributed by atoms with E-state index < -0.39 is 0 Å². The zero-order chi connectivity index (χ0) is 18.1. The molecule has 0 aromatic heterocycles. The first-order valence-corrected chi connectivity index (χ1v) is 13.6. The van der Waals surface area contributed by atoms with Crippen LogP contribution in [0.25, 0.3) is 0 Å². The van der Waals surface area contributed by atoms with Crippen molar-refractivity contribution in [2.75, 3.05) is 12.3 Å². The second-order valence-corrected chi connectivity index (χ2v) is 12.7. The normalized spacial score (nSPS) is 30.8. The molecule has 4 heteroatoms. The summed E-state index contributed by atoms with van der Waals surface area (Å²) < 4.78 is -0.136. The molecular formula is C20H40Cl2P2. The average molecular weight is 413 g/mol. The molecular weight excluding hydrogens is 373 g/mol. The van der Waals surface area contributed by atoms with Gasteiger partial charge in [0.25, 0.3) is 0 Å². The van der Waals surface area contributed by atoms with E-state index >= 15 is 0 Å². The summed E-state index contributed by atoms with van der Waals surface area (Å²) in [5.41, 5.74) is 1.11. The fraction of sp³-hybridized carbons (Fsp3) is 1.00. The van der Waals surface area contributed by atoms with Gasteiger partial charge in [-0.2, -0.15) is 0 Å². The molecule has 0 bridgehead atoms. The lowest BCUT2D eigenvalue weighted by Crippen LogP contribution is -2.49. The van der Waals surface area contributed by atoms with E-state index in [1.165, 1.54) is 70.1 Å². The highest BCUT2D eigenvalue weighted by Crippen LogP contribution is 2.61. The Hall–Kier alpha value is 1.44. The second kappa shape index (κ2) is 12.0. The maximum absolute atomic E-state index is 7.31. The Morgan fingerprint density at radius 1 is 0.917 bits per heavy atom. The molecule has 1 rings (SSSR count). The van der Waals surface area contributed by atoms with Crippen molar-refractivity contribution in [1.29, 1.82) is 0 Å². The van der Waals surface area contributed by atoms with Crippen molar-refractivity contribution in [2.24, 2.45) is 5.41 Å². The van der Waals surface area contributed by atoms with Gasteiger partial charge < -0.3 is 0 Å². The van der Waals surface area contributed by atoms with Crippen LogP contribution >= 0.6 is 40.4 Å². The Kier molecular flexibility index (Phi) is 11.7. The first kappa shape index (κ1) is 23.5. The van der Waals surface area contributed by atoms with E-state index in [1.54, 1.807) is 0 Å². The van der Waals surface area contributed by atoms with Gasteiger partial charge in [-0.3, -0.25) is 0 Å². The van der Waals surface area contributed by atoms with Crippen LogP contribution in [0.1, 0.15) is 91.9 Å². The van der Waals surface area contributed by atoms with Gasteiger partial charge in [0.15, 0.2) is 0 Å². The third-order valence-electron chi connectivity index (χ3n) is 5.52. The van der Waals surface area contributed by atoms with Crippen molar-refractivity contribution in [1.82, 2.24) is 0 Å². The van der Waals surface area contributed by atoms with E-state index in [-0.39, 0.29) is 9.99 Å². The molecule has 0 amide bonds. The summed E-state index contributed by atoms with van der Waals surface area (Å²) in [6, 6.07) is 0. The molecule has 0 nitrogen and oxygen atoms in total. The Morgan fingerprint density at radius 3 is 2.04 bits per heavy atom. The minimum absolute atomic E-state index is 0.136. The molecule has 5 atom stereocenters. The summed E-state index contributed by atoms with van der Waals surface area (Å²) in [6.45, 7) is 9.25. The highest BCUT2D eigenvalue weighted by atomic mass is 35.5. The van der Waals surface area contributed by atoms with Crippen LogP contribution in [0.5, 0.6) is 0 Å². The van der Waals surface area contributed by atoms with Crippen molar-refractivity contribution >= 4 is 40.4 Å². The third-order valence-corrected chi connectivity index (χ3v) is 10.9. The number of alkyl halides is 2. The van der Waals surface area contributed by atoms with Gasteiger partial charge in [0.05, 0.1) is 9.99 Å². The van der Waals surface area contributed by atoms with Crippen LogP contribution in [0, 0.1) is 5.41 Å². The van der Waals surface area contributed by atoms with Gasteiger partial charge in [-0.15, -0.1) is 31.8 Å². The fourth-order valence-corrected chi connectivity index (χ4v) is 9.94. The highest BCUT2D eigenvalue weighted by molar-refractivity contribution is 7.43. The van der Waals surface area contributed by atoms with E-state index in [0.29, 0.717) is 11.1 Å². The molecule has 1 fully saturated rings. The molecule has 1 aliphatic carbocycles. The monoisotopic (exact) mass is 412 g/mol. The Morgan fingerprint density at radius 2 is 1.50 bits per heavy atom. The van der Waals surface area contributed by atoms with E-state index in [0.717, 1.165) is 23.6 Å². The van der Waals surface area contributed by atoms with Gasteiger partial charge >= 0.3 is 0 Å². The summed E-state index contributed by atoms with van der Waals surface area (Å²) >= 11 is 14.4. The quantitative estimate of drug-likeness (QED) is 0.172. The molecule has 1 saturated carbocycles. The molecule has 0 radical (unpaired) electrons. The molecule has 144 valence electrons. The first-order valence-electron chi connectivity index (χ1n) is 10.3. The molecule has 0 aromatic rings. The van der Waals surface area contributed by atoms with Gasteiger partial charge in [0, 0.05) is 0 Å². The predicted molar refractivity (Wildman–Crippen MR) is 120 cm³/mol. The van der Waals surface area contributed by atoms with Gasteiger partial charge in [-0.25, -0.2) is 0 Å². The van der Waals surface area contributed by atoms with Gasteiger partial charge in [0.2, 0.25) is 0 Å². The Balaban J connectivity index is 2.93. The SMILES string of the molecule is CCCCPC1CC(CCC)(CCC)CC(Cl)(PCCCC)C1Cl. The average Bonchev–Trinajstić information content (AvgIpc) is 2.53. The standard InChI is InChI=1S/C20H40Cl2P2/c1-5-9-13-23-17-15-19(11-7-3,12-8-4)16-20(22,18(17)21)24-14-10-6-2/h17-18,23-24H,5-16H2,1-4H3. The molecule has 0 aliphatic heterocycles. The van der Waals surface area contributed by atoms with Gasteiger partial charge in [-0.1, -0.05) is 62.0 Å². The Bertz CT molecular complexity index is 332. The molecule has 24 heavy (non-hydrogen) atoms. The number of rotatable bonds is 12. The third kappa shape index (κ3) is 6.87. The van der Waals surface area contributed by atoms with Crippen molar-refractivity contribution in [3.05, 3.63) is 0 Å². The lowest BCUT2D eigenvalue weighted by atomic mass is 9.68. The van der Waals surface area contributed by atoms with Crippen molar-refractivity contribution in [2.45, 2.75) is 108 Å². The van der Waals surface area contributed by atoms with Crippen LogP contribution in [0.4, 0.5) is 0 Å². The zero-order valence-corrected chi connectivity index (χ0v) is 19.9. The summed E-state index contributed by atoms with van der Waals surface area (Å²) in [5.74, 6) is 0. The van der Waals surface area contributed by atoms with Crippen LogP contribution < -0.4 is 0 Å². The van der Waals surface area contributed by atoms with Crippen LogP contribution in [-0.2, 0) is 0 Å². The van der Waals surface area contributed by atoms with Crippen LogP contribution in [-0.4, -0.2) is 28.0 Å². The Labute approximate surface area is 165 Å². The second-order valence-electron chi connectivity index (χ2n) is 7.84. The summed E-state index contributed by atoms with van der Waals surface area (Å²) in [7, 11) is 1.83. The minimum Gasteiger partial charge on any atom is -0.120 e. The topological polar surface area (TPSA) is 0 Å². The highest BCUT2D eigenvalue weighted by Gasteiger charge is 2.51.